The highest BCUT2D eigenvalue weighted by atomic mass is 16.5. The maximum atomic E-state index is 11.7. The summed E-state index contributed by atoms with van der Waals surface area (Å²) < 4.78 is 5.15. The lowest BCUT2D eigenvalue weighted by Crippen LogP contribution is -2.29. The van der Waals surface area contributed by atoms with E-state index < -0.39 is 5.97 Å². The Morgan fingerprint density at radius 2 is 1.86 bits per heavy atom. The zero-order valence-corrected chi connectivity index (χ0v) is 13.0. The van der Waals surface area contributed by atoms with Gasteiger partial charge >= 0.3 is 5.97 Å². The van der Waals surface area contributed by atoms with Gasteiger partial charge in [-0.1, -0.05) is 38.3 Å². The molecule has 1 aromatic carbocycles. The lowest BCUT2D eigenvalue weighted by molar-refractivity contribution is -0.144. The second kappa shape index (κ2) is 7.48. The number of hydrogen-bond donors (Lipinski definition) is 1. The van der Waals surface area contributed by atoms with E-state index in [1.165, 1.54) is 19.3 Å². The highest BCUT2D eigenvalue weighted by molar-refractivity contribution is 5.70. The molecule has 0 heterocycles. The Labute approximate surface area is 127 Å². The molecular weight excluding hydrogens is 264 g/mol. The Kier molecular flexibility index (Phi) is 5.66. The fourth-order valence-electron chi connectivity index (χ4n) is 3.47. The van der Waals surface area contributed by atoms with Crippen LogP contribution >= 0.6 is 0 Å². The minimum atomic E-state index is -0.647. The van der Waals surface area contributed by atoms with E-state index in [1.807, 2.05) is 24.3 Å². The van der Waals surface area contributed by atoms with Gasteiger partial charge in [-0.25, -0.2) is 0 Å². The van der Waals surface area contributed by atoms with Crippen molar-refractivity contribution in [1.29, 1.82) is 0 Å². The Morgan fingerprint density at radius 3 is 2.33 bits per heavy atom. The Bertz CT molecular complexity index is 444. The number of carboxylic acids is 1. The molecule has 0 aliphatic heterocycles. The van der Waals surface area contributed by atoms with Crippen LogP contribution in [0.1, 0.15) is 44.6 Å². The van der Waals surface area contributed by atoms with Gasteiger partial charge in [0.25, 0.3) is 0 Å². The summed E-state index contributed by atoms with van der Waals surface area (Å²) in [4.78, 5) is 11.7. The maximum Gasteiger partial charge on any atom is 0.307 e. The largest absolute Gasteiger partial charge is 0.497 e. The molecule has 1 aliphatic carbocycles. The van der Waals surface area contributed by atoms with Crippen LogP contribution in [-0.2, 0) is 11.2 Å². The zero-order chi connectivity index (χ0) is 15.2. The van der Waals surface area contributed by atoms with Crippen LogP contribution in [0.25, 0.3) is 0 Å². The van der Waals surface area contributed by atoms with Crippen molar-refractivity contribution in [3.05, 3.63) is 29.8 Å². The molecule has 2 rings (SSSR count). The first-order chi connectivity index (χ1) is 10.1. The molecule has 0 amide bonds. The van der Waals surface area contributed by atoms with E-state index in [0.717, 1.165) is 30.1 Å². The molecule has 1 aromatic rings. The molecule has 0 radical (unpaired) electrons. The molecule has 0 aromatic heterocycles. The van der Waals surface area contributed by atoms with Crippen LogP contribution < -0.4 is 4.74 Å². The van der Waals surface area contributed by atoms with E-state index in [-0.39, 0.29) is 5.92 Å². The number of benzene rings is 1. The van der Waals surface area contributed by atoms with Crippen LogP contribution in [0.2, 0.25) is 0 Å². The Hall–Kier alpha value is -1.51. The van der Waals surface area contributed by atoms with E-state index in [1.54, 1.807) is 7.11 Å². The van der Waals surface area contributed by atoms with Crippen LogP contribution in [0.3, 0.4) is 0 Å². The van der Waals surface area contributed by atoms with Gasteiger partial charge in [0.1, 0.15) is 5.75 Å². The first-order valence-corrected chi connectivity index (χ1v) is 7.99. The van der Waals surface area contributed by atoms with Crippen LogP contribution in [0.15, 0.2) is 24.3 Å². The van der Waals surface area contributed by atoms with Gasteiger partial charge in [0.05, 0.1) is 13.0 Å². The predicted octanol–water partition coefficient (Wildman–Crippen LogP) is 4.15. The predicted molar refractivity (Wildman–Crippen MR) is 83.6 cm³/mol. The van der Waals surface area contributed by atoms with E-state index in [4.69, 9.17) is 4.74 Å². The van der Waals surface area contributed by atoms with Crippen molar-refractivity contribution in [3.63, 3.8) is 0 Å². The number of ether oxygens (including phenoxy) is 1. The summed E-state index contributed by atoms with van der Waals surface area (Å²) in [7, 11) is 1.64. The van der Waals surface area contributed by atoms with Crippen molar-refractivity contribution >= 4 is 5.97 Å². The number of rotatable bonds is 6. The average Bonchev–Trinajstić information content (AvgIpc) is 2.53. The van der Waals surface area contributed by atoms with Crippen molar-refractivity contribution in [3.8, 4) is 5.75 Å². The van der Waals surface area contributed by atoms with E-state index >= 15 is 0 Å². The molecule has 21 heavy (non-hydrogen) atoms. The van der Waals surface area contributed by atoms with Gasteiger partial charge in [-0.3, -0.25) is 4.79 Å². The highest BCUT2D eigenvalue weighted by Crippen LogP contribution is 2.36. The van der Waals surface area contributed by atoms with E-state index in [0.29, 0.717) is 12.3 Å². The van der Waals surface area contributed by atoms with Crippen LogP contribution in [0.4, 0.5) is 0 Å². The van der Waals surface area contributed by atoms with Crippen molar-refractivity contribution in [2.24, 2.45) is 17.8 Å². The summed E-state index contributed by atoms with van der Waals surface area (Å²) in [6.07, 6.45) is 6.35. The molecule has 0 saturated heterocycles. The third-order valence-electron chi connectivity index (χ3n) is 4.97. The average molecular weight is 290 g/mol. The molecule has 1 fully saturated rings. The minimum absolute atomic E-state index is 0.254. The van der Waals surface area contributed by atoms with Crippen LogP contribution in [-0.4, -0.2) is 18.2 Å². The lowest BCUT2D eigenvalue weighted by Gasteiger charge is -2.31. The van der Waals surface area contributed by atoms with Gasteiger partial charge in [-0.2, -0.15) is 0 Å². The van der Waals surface area contributed by atoms with E-state index in [9.17, 15) is 9.90 Å². The fraction of sp³-hybridized carbons (Fsp3) is 0.611. The molecule has 1 saturated carbocycles. The molecule has 1 unspecified atom stereocenters. The van der Waals surface area contributed by atoms with Gasteiger partial charge in [0.15, 0.2) is 0 Å². The van der Waals surface area contributed by atoms with Gasteiger partial charge < -0.3 is 9.84 Å². The van der Waals surface area contributed by atoms with Gasteiger partial charge in [0, 0.05) is 0 Å². The smallest absolute Gasteiger partial charge is 0.307 e. The van der Waals surface area contributed by atoms with Crippen LogP contribution in [0, 0.1) is 17.8 Å². The van der Waals surface area contributed by atoms with Gasteiger partial charge in [-0.05, 0) is 48.8 Å². The first-order valence-electron chi connectivity index (χ1n) is 7.99. The first kappa shape index (κ1) is 15.9. The van der Waals surface area contributed by atoms with Gasteiger partial charge in [-0.15, -0.1) is 0 Å². The molecule has 3 heteroatoms. The topological polar surface area (TPSA) is 46.5 Å². The number of hydrogen-bond acceptors (Lipinski definition) is 2. The third kappa shape index (κ3) is 4.23. The second-order valence-electron chi connectivity index (χ2n) is 6.19. The number of carbonyl (C=O) groups is 1. The third-order valence-corrected chi connectivity index (χ3v) is 4.97. The normalized spacial score (nSPS) is 23.5. The summed E-state index contributed by atoms with van der Waals surface area (Å²) in [5.74, 6) is 1.04. The van der Waals surface area contributed by atoms with E-state index in [2.05, 4.69) is 6.92 Å². The van der Waals surface area contributed by atoms with Gasteiger partial charge in [0.2, 0.25) is 0 Å². The molecule has 0 spiro atoms. The molecule has 116 valence electrons. The SMILES string of the molecule is CCC1CCC(C(Cc2ccc(OC)cc2)C(=O)O)CC1. The number of aliphatic carboxylic acids is 1. The molecular formula is C18H26O3. The van der Waals surface area contributed by atoms with Crippen LogP contribution in [0.5, 0.6) is 5.75 Å². The van der Waals surface area contributed by atoms with Crippen molar-refractivity contribution in [1.82, 2.24) is 0 Å². The fourth-order valence-corrected chi connectivity index (χ4v) is 3.47. The zero-order valence-electron chi connectivity index (χ0n) is 13.0. The number of methoxy groups -OCH3 is 1. The lowest BCUT2D eigenvalue weighted by atomic mass is 9.73. The summed E-state index contributed by atoms with van der Waals surface area (Å²) >= 11 is 0. The van der Waals surface area contributed by atoms with Crippen molar-refractivity contribution < 1.29 is 14.6 Å². The highest BCUT2D eigenvalue weighted by Gasteiger charge is 2.31. The summed E-state index contributed by atoms with van der Waals surface area (Å²) in [6.45, 7) is 2.23. The molecule has 1 N–H and O–H groups in total. The minimum Gasteiger partial charge on any atom is -0.497 e. The maximum absolute atomic E-state index is 11.7. The second-order valence-corrected chi connectivity index (χ2v) is 6.19. The molecule has 0 bridgehead atoms. The molecule has 1 aliphatic rings. The standard InChI is InChI=1S/C18H26O3/c1-3-13-4-8-15(9-5-13)17(18(19)20)12-14-6-10-16(21-2)11-7-14/h6-7,10-11,13,15,17H,3-5,8-9,12H2,1-2H3,(H,19,20). The monoisotopic (exact) mass is 290 g/mol. The molecule has 1 atom stereocenters. The summed E-state index contributed by atoms with van der Waals surface area (Å²) in [6, 6.07) is 7.77. The summed E-state index contributed by atoms with van der Waals surface area (Å²) in [5, 5.41) is 9.59. The van der Waals surface area contributed by atoms with Crippen molar-refractivity contribution in [2.45, 2.75) is 45.4 Å². The number of carboxylic acid groups (broad SMARTS) is 1. The van der Waals surface area contributed by atoms with Crippen molar-refractivity contribution in [2.75, 3.05) is 7.11 Å². The summed E-state index contributed by atoms with van der Waals surface area (Å²) in [5.41, 5.74) is 1.08. The Balaban J connectivity index is 2.00. The Morgan fingerprint density at radius 1 is 1.24 bits per heavy atom. The quantitative estimate of drug-likeness (QED) is 0.856. The molecule has 3 nitrogen and oxygen atoms in total.